The summed E-state index contributed by atoms with van der Waals surface area (Å²) in [6.45, 7) is 3.25. The number of sulfonamides is 1. The molecule has 7 heteroatoms. The summed E-state index contributed by atoms with van der Waals surface area (Å²) in [7, 11) is -3.53. The lowest BCUT2D eigenvalue weighted by atomic mass is 10.1. The fourth-order valence-corrected chi connectivity index (χ4v) is 5.46. The molecule has 2 aliphatic rings. The lowest BCUT2D eigenvalue weighted by Gasteiger charge is -2.34. The quantitative estimate of drug-likeness (QED) is 0.754. The zero-order chi connectivity index (χ0) is 20.4. The lowest BCUT2D eigenvalue weighted by molar-refractivity contribution is -0.134. The highest BCUT2D eigenvalue weighted by Crippen LogP contribution is 2.26. The smallest absolute Gasteiger partial charge is 0.260 e. The molecule has 0 saturated carbocycles. The van der Waals surface area contributed by atoms with Gasteiger partial charge in [-0.15, -0.1) is 0 Å². The first-order valence-electron chi connectivity index (χ1n) is 10.0. The van der Waals surface area contributed by atoms with Gasteiger partial charge in [0.1, 0.15) is 5.75 Å². The van der Waals surface area contributed by atoms with E-state index >= 15 is 0 Å². The molecule has 0 N–H and O–H groups in total. The Kier molecular flexibility index (Phi) is 5.61. The van der Waals surface area contributed by atoms with Crippen LogP contribution < -0.4 is 4.74 Å². The maximum atomic E-state index is 13.0. The number of rotatable bonds is 5. The second kappa shape index (κ2) is 8.16. The topological polar surface area (TPSA) is 66.9 Å². The van der Waals surface area contributed by atoms with Gasteiger partial charge in [-0.3, -0.25) is 4.79 Å². The number of fused-ring (bicyclic) bond motifs is 1. The summed E-state index contributed by atoms with van der Waals surface area (Å²) in [5.41, 5.74) is 3.38. The number of benzene rings is 2. The molecular weight excluding hydrogens is 388 g/mol. The molecule has 2 aromatic rings. The highest BCUT2D eigenvalue weighted by atomic mass is 32.2. The van der Waals surface area contributed by atoms with Crippen LogP contribution in [-0.4, -0.2) is 56.3 Å². The van der Waals surface area contributed by atoms with Crippen molar-refractivity contribution < 1.29 is 17.9 Å². The number of hydrogen-bond acceptors (Lipinski definition) is 4. The van der Waals surface area contributed by atoms with E-state index < -0.39 is 10.0 Å². The van der Waals surface area contributed by atoms with Crippen LogP contribution in [0.4, 0.5) is 0 Å². The second-order valence-corrected chi connectivity index (χ2v) is 9.56. The molecule has 1 aliphatic carbocycles. The molecule has 4 rings (SSSR count). The van der Waals surface area contributed by atoms with E-state index in [9.17, 15) is 13.2 Å². The van der Waals surface area contributed by atoms with Crippen molar-refractivity contribution in [2.45, 2.75) is 31.1 Å². The van der Waals surface area contributed by atoms with Crippen LogP contribution in [0.1, 0.15) is 23.1 Å². The van der Waals surface area contributed by atoms with Gasteiger partial charge in [-0.05, 0) is 61.1 Å². The Labute approximate surface area is 172 Å². The number of hydrogen-bond donors (Lipinski definition) is 0. The summed E-state index contributed by atoms with van der Waals surface area (Å²) < 4.78 is 33.1. The molecule has 0 radical (unpaired) electrons. The molecule has 0 aromatic heterocycles. The van der Waals surface area contributed by atoms with Gasteiger partial charge in [0, 0.05) is 26.2 Å². The van der Waals surface area contributed by atoms with E-state index in [0.717, 1.165) is 30.4 Å². The van der Waals surface area contributed by atoms with Crippen LogP contribution in [-0.2, 0) is 27.7 Å². The third-order valence-electron chi connectivity index (χ3n) is 5.74. The van der Waals surface area contributed by atoms with Crippen molar-refractivity contribution in [3.63, 3.8) is 0 Å². The summed E-state index contributed by atoms with van der Waals surface area (Å²) in [6.07, 6.45) is 3.06. The third-order valence-corrected chi connectivity index (χ3v) is 7.64. The van der Waals surface area contributed by atoms with Crippen molar-refractivity contribution in [3.05, 3.63) is 59.2 Å². The molecule has 1 amide bonds. The summed E-state index contributed by atoms with van der Waals surface area (Å²) in [4.78, 5) is 14.5. The molecule has 2 aromatic carbocycles. The highest BCUT2D eigenvalue weighted by Gasteiger charge is 2.31. The molecule has 1 fully saturated rings. The minimum Gasteiger partial charge on any atom is -0.484 e. The molecule has 0 spiro atoms. The molecule has 6 nitrogen and oxygen atoms in total. The van der Waals surface area contributed by atoms with Gasteiger partial charge >= 0.3 is 0 Å². The number of carbonyl (C=O) groups is 1. The average Bonchev–Trinajstić information content (AvgIpc) is 3.21. The van der Waals surface area contributed by atoms with Crippen LogP contribution >= 0.6 is 0 Å². The predicted molar refractivity (Wildman–Crippen MR) is 110 cm³/mol. The molecular formula is C22H26N2O4S. The van der Waals surface area contributed by atoms with Gasteiger partial charge in [0.2, 0.25) is 10.0 Å². The lowest BCUT2D eigenvalue weighted by Crippen LogP contribution is -2.51. The Hall–Kier alpha value is -2.38. The Bertz CT molecular complexity index is 1010. The number of para-hydroxylation sites is 1. The van der Waals surface area contributed by atoms with Crippen LogP contribution in [0.3, 0.4) is 0 Å². The minimum absolute atomic E-state index is 0.0393. The van der Waals surface area contributed by atoms with Crippen molar-refractivity contribution in [1.29, 1.82) is 0 Å². The number of nitrogens with zero attached hydrogens (tertiary/aromatic N) is 2. The molecule has 1 heterocycles. The van der Waals surface area contributed by atoms with Crippen molar-refractivity contribution in [3.8, 4) is 5.75 Å². The normalized spacial score (nSPS) is 17.2. The molecule has 0 atom stereocenters. The molecule has 154 valence electrons. The first-order chi connectivity index (χ1) is 13.9. The first-order valence-corrected chi connectivity index (χ1v) is 11.5. The summed E-state index contributed by atoms with van der Waals surface area (Å²) >= 11 is 0. The van der Waals surface area contributed by atoms with Crippen LogP contribution in [0.5, 0.6) is 5.75 Å². The standard InChI is InChI=1S/C22H26N2O4S/c1-17-5-2-3-8-21(17)28-16-22(25)23-11-13-24(14-12-23)29(26,27)20-10-9-18-6-4-7-19(18)15-20/h2-3,5,8-10,15H,4,6-7,11-14,16H2,1H3. The Morgan fingerprint density at radius 1 is 1.00 bits per heavy atom. The van der Waals surface area contributed by atoms with Crippen molar-refractivity contribution in [2.24, 2.45) is 0 Å². The van der Waals surface area contributed by atoms with E-state index in [2.05, 4.69) is 0 Å². The van der Waals surface area contributed by atoms with E-state index in [1.807, 2.05) is 43.3 Å². The van der Waals surface area contributed by atoms with Gasteiger partial charge in [-0.2, -0.15) is 4.31 Å². The maximum Gasteiger partial charge on any atom is 0.260 e. The average molecular weight is 415 g/mol. The Balaban J connectivity index is 1.35. The minimum atomic E-state index is -3.53. The van der Waals surface area contributed by atoms with Gasteiger partial charge in [0.05, 0.1) is 4.90 Å². The van der Waals surface area contributed by atoms with E-state index in [1.54, 1.807) is 11.0 Å². The molecule has 0 unspecified atom stereocenters. The number of piperazine rings is 1. The number of amides is 1. The summed E-state index contributed by atoms with van der Waals surface area (Å²) in [5, 5.41) is 0. The van der Waals surface area contributed by atoms with Gasteiger partial charge < -0.3 is 9.64 Å². The van der Waals surface area contributed by atoms with E-state index in [0.29, 0.717) is 36.8 Å². The molecule has 1 saturated heterocycles. The van der Waals surface area contributed by atoms with Gasteiger partial charge in [0.25, 0.3) is 5.91 Å². The van der Waals surface area contributed by atoms with Crippen molar-refractivity contribution >= 4 is 15.9 Å². The molecule has 1 aliphatic heterocycles. The number of aryl methyl sites for hydroxylation is 3. The van der Waals surface area contributed by atoms with E-state index in [-0.39, 0.29) is 12.5 Å². The van der Waals surface area contributed by atoms with E-state index in [1.165, 1.54) is 9.87 Å². The first kappa shape index (κ1) is 19.9. The highest BCUT2D eigenvalue weighted by molar-refractivity contribution is 7.89. The van der Waals surface area contributed by atoms with Crippen LogP contribution in [0.2, 0.25) is 0 Å². The fraction of sp³-hybridized carbons (Fsp3) is 0.409. The second-order valence-electron chi connectivity index (χ2n) is 7.62. The molecule has 0 bridgehead atoms. The summed E-state index contributed by atoms with van der Waals surface area (Å²) in [6, 6.07) is 13.0. The molecule has 29 heavy (non-hydrogen) atoms. The zero-order valence-electron chi connectivity index (χ0n) is 16.6. The fourth-order valence-electron chi connectivity index (χ4n) is 3.98. The monoisotopic (exact) mass is 414 g/mol. The summed E-state index contributed by atoms with van der Waals surface area (Å²) in [5.74, 6) is 0.571. The maximum absolute atomic E-state index is 13.0. The van der Waals surface area contributed by atoms with Crippen LogP contribution in [0.15, 0.2) is 47.4 Å². The van der Waals surface area contributed by atoms with Gasteiger partial charge in [-0.25, -0.2) is 8.42 Å². The number of ether oxygens (including phenoxy) is 1. The van der Waals surface area contributed by atoms with Crippen LogP contribution in [0.25, 0.3) is 0 Å². The van der Waals surface area contributed by atoms with Gasteiger partial charge in [-0.1, -0.05) is 24.3 Å². The van der Waals surface area contributed by atoms with E-state index in [4.69, 9.17) is 4.74 Å². The third kappa shape index (κ3) is 4.16. The zero-order valence-corrected chi connectivity index (χ0v) is 17.5. The Morgan fingerprint density at radius 2 is 1.72 bits per heavy atom. The van der Waals surface area contributed by atoms with Crippen molar-refractivity contribution in [2.75, 3.05) is 32.8 Å². The van der Waals surface area contributed by atoms with Crippen molar-refractivity contribution in [1.82, 2.24) is 9.21 Å². The Morgan fingerprint density at radius 3 is 2.48 bits per heavy atom. The SMILES string of the molecule is Cc1ccccc1OCC(=O)N1CCN(S(=O)(=O)c2ccc3c(c2)CCC3)CC1. The predicted octanol–water partition coefficient (Wildman–Crippen LogP) is 2.40. The van der Waals surface area contributed by atoms with Crippen LogP contribution in [0, 0.1) is 6.92 Å². The number of carbonyl (C=O) groups excluding carboxylic acids is 1. The van der Waals surface area contributed by atoms with Gasteiger partial charge in [0.15, 0.2) is 6.61 Å². The largest absolute Gasteiger partial charge is 0.484 e.